The zero-order valence-corrected chi connectivity index (χ0v) is 11.2. The summed E-state index contributed by atoms with van der Waals surface area (Å²) in [6.45, 7) is 0.270. The number of nitriles is 1. The number of aliphatic carboxylic acids is 1. The number of carbonyl (C=O) groups is 1. The molecule has 4 nitrogen and oxygen atoms in total. The first-order valence-electron chi connectivity index (χ1n) is 5.22. The number of hydrogen-bond acceptors (Lipinski definition) is 3. The lowest BCUT2D eigenvalue weighted by atomic mass is 10.1. The van der Waals surface area contributed by atoms with Crippen LogP contribution in [0.15, 0.2) is 18.2 Å². The van der Waals surface area contributed by atoms with E-state index < -0.39 is 12.0 Å². The maximum Gasteiger partial charge on any atom is 0.304 e. The predicted molar refractivity (Wildman–Crippen MR) is 69.7 cm³/mol. The third kappa shape index (κ3) is 3.88. The number of benzene rings is 1. The molecular weight excluding hydrogens is 275 g/mol. The fourth-order valence-electron chi connectivity index (χ4n) is 1.53. The summed E-state index contributed by atoms with van der Waals surface area (Å²) in [5, 5.41) is 18.7. The van der Waals surface area contributed by atoms with Crippen molar-refractivity contribution in [3.63, 3.8) is 0 Å². The van der Waals surface area contributed by atoms with Gasteiger partial charge in [0.2, 0.25) is 0 Å². The van der Waals surface area contributed by atoms with E-state index in [1.807, 2.05) is 0 Å². The van der Waals surface area contributed by atoms with E-state index in [-0.39, 0.29) is 13.0 Å². The molecular formula is C12H12Cl2N2O2. The van der Waals surface area contributed by atoms with Gasteiger partial charge in [0.25, 0.3) is 0 Å². The van der Waals surface area contributed by atoms with Crippen molar-refractivity contribution in [2.24, 2.45) is 0 Å². The molecule has 1 atom stereocenters. The van der Waals surface area contributed by atoms with Gasteiger partial charge in [-0.15, -0.1) is 0 Å². The van der Waals surface area contributed by atoms with Crippen molar-refractivity contribution in [3.8, 4) is 6.07 Å². The van der Waals surface area contributed by atoms with E-state index in [1.54, 1.807) is 30.1 Å². The second kappa shape index (κ2) is 6.60. The van der Waals surface area contributed by atoms with E-state index in [2.05, 4.69) is 6.07 Å². The highest BCUT2D eigenvalue weighted by Gasteiger charge is 2.19. The Morgan fingerprint density at radius 2 is 2.22 bits per heavy atom. The zero-order chi connectivity index (χ0) is 13.7. The minimum absolute atomic E-state index is 0.0279. The number of halogens is 2. The van der Waals surface area contributed by atoms with E-state index in [0.29, 0.717) is 15.6 Å². The third-order valence-electron chi connectivity index (χ3n) is 2.50. The van der Waals surface area contributed by atoms with Gasteiger partial charge in [-0.1, -0.05) is 29.3 Å². The Hall–Kier alpha value is -1.28. The third-order valence-corrected chi connectivity index (χ3v) is 3.06. The van der Waals surface area contributed by atoms with Crippen molar-refractivity contribution in [2.75, 3.05) is 13.6 Å². The summed E-state index contributed by atoms with van der Waals surface area (Å²) in [7, 11) is 1.68. The first-order valence-corrected chi connectivity index (χ1v) is 5.98. The minimum Gasteiger partial charge on any atom is -0.481 e. The summed E-state index contributed by atoms with van der Waals surface area (Å²) in [4.78, 5) is 12.2. The molecule has 0 aliphatic carbocycles. The van der Waals surface area contributed by atoms with Crippen LogP contribution in [-0.2, 0) is 4.79 Å². The van der Waals surface area contributed by atoms with Crippen LogP contribution in [0.4, 0.5) is 0 Å². The van der Waals surface area contributed by atoms with Crippen molar-refractivity contribution in [3.05, 3.63) is 33.8 Å². The molecule has 1 unspecified atom stereocenters. The van der Waals surface area contributed by atoms with Gasteiger partial charge in [0, 0.05) is 22.2 Å². The highest BCUT2D eigenvalue weighted by Crippen LogP contribution is 2.28. The lowest BCUT2D eigenvalue weighted by Crippen LogP contribution is -2.26. The van der Waals surface area contributed by atoms with Crippen molar-refractivity contribution < 1.29 is 9.90 Å². The second-order valence-corrected chi connectivity index (χ2v) is 4.67. The van der Waals surface area contributed by atoms with Crippen LogP contribution in [0, 0.1) is 11.3 Å². The van der Waals surface area contributed by atoms with E-state index in [4.69, 9.17) is 28.3 Å². The molecule has 1 aromatic carbocycles. The SMILES string of the molecule is CN(CCC(=O)O)C(C#N)c1ccc(Cl)cc1Cl. The van der Waals surface area contributed by atoms with Crippen LogP contribution in [0.2, 0.25) is 10.0 Å². The van der Waals surface area contributed by atoms with Crippen LogP contribution in [0.3, 0.4) is 0 Å². The summed E-state index contributed by atoms with van der Waals surface area (Å²) in [5.41, 5.74) is 0.622. The van der Waals surface area contributed by atoms with E-state index in [9.17, 15) is 10.1 Å². The highest BCUT2D eigenvalue weighted by atomic mass is 35.5. The predicted octanol–water partition coefficient (Wildman–Crippen LogP) is 2.96. The van der Waals surface area contributed by atoms with Gasteiger partial charge < -0.3 is 5.11 Å². The highest BCUT2D eigenvalue weighted by molar-refractivity contribution is 6.35. The molecule has 0 fully saturated rings. The number of carboxylic acids is 1. The number of nitrogens with zero attached hydrogens (tertiary/aromatic N) is 2. The maximum atomic E-state index is 10.5. The molecule has 6 heteroatoms. The van der Waals surface area contributed by atoms with Gasteiger partial charge in [-0.25, -0.2) is 0 Å². The molecule has 96 valence electrons. The molecule has 18 heavy (non-hydrogen) atoms. The number of carboxylic acid groups (broad SMARTS) is 1. The smallest absolute Gasteiger partial charge is 0.304 e. The molecule has 0 bridgehead atoms. The van der Waals surface area contributed by atoms with Crippen molar-refractivity contribution in [1.82, 2.24) is 4.90 Å². The standard InChI is InChI=1S/C12H12Cl2N2O2/c1-16(5-4-12(17)18)11(7-15)9-3-2-8(13)6-10(9)14/h2-3,6,11H,4-5H2,1H3,(H,17,18). The van der Waals surface area contributed by atoms with Gasteiger partial charge >= 0.3 is 5.97 Å². The average Bonchev–Trinajstić information content (AvgIpc) is 2.30. The van der Waals surface area contributed by atoms with E-state index in [0.717, 1.165) is 0 Å². The second-order valence-electron chi connectivity index (χ2n) is 3.82. The van der Waals surface area contributed by atoms with E-state index in [1.165, 1.54) is 0 Å². The molecule has 0 aromatic heterocycles. The normalized spacial score (nSPS) is 12.2. The van der Waals surface area contributed by atoms with Gasteiger partial charge in [0.15, 0.2) is 0 Å². The Morgan fingerprint density at radius 1 is 1.56 bits per heavy atom. The summed E-state index contributed by atoms with van der Waals surface area (Å²) >= 11 is 11.8. The first kappa shape index (κ1) is 14.8. The fraction of sp³-hybridized carbons (Fsp3) is 0.333. The minimum atomic E-state index is -0.902. The molecule has 1 N–H and O–H groups in total. The molecule has 1 aromatic rings. The van der Waals surface area contributed by atoms with Crippen LogP contribution in [-0.4, -0.2) is 29.6 Å². The Balaban J connectivity index is 2.89. The molecule has 0 aliphatic rings. The van der Waals surface area contributed by atoms with Crippen LogP contribution >= 0.6 is 23.2 Å². The Bertz CT molecular complexity index is 485. The Kier molecular flexibility index (Phi) is 5.42. The lowest BCUT2D eigenvalue weighted by molar-refractivity contribution is -0.137. The van der Waals surface area contributed by atoms with Gasteiger partial charge in [-0.05, 0) is 19.2 Å². The van der Waals surface area contributed by atoms with Crippen molar-refractivity contribution >= 4 is 29.2 Å². The molecule has 0 radical (unpaired) electrons. The van der Waals surface area contributed by atoms with Gasteiger partial charge in [0.1, 0.15) is 6.04 Å². The molecule has 0 aliphatic heterocycles. The fourth-order valence-corrected chi connectivity index (χ4v) is 2.04. The monoisotopic (exact) mass is 286 g/mol. The number of rotatable bonds is 5. The summed E-state index contributed by atoms with van der Waals surface area (Å²) < 4.78 is 0. The zero-order valence-electron chi connectivity index (χ0n) is 9.73. The van der Waals surface area contributed by atoms with Crippen molar-refractivity contribution in [1.29, 1.82) is 5.26 Å². The number of hydrogen-bond donors (Lipinski definition) is 1. The van der Waals surface area contributed by atoms with Crippen molar-refractivity contribution in [2.45, 2.75) is 12.5 Å². The van der Waals surface area contributed by atoms with Gasteiger partial charge in [-0.3, -0.25) is 9.69 Å². The molecule has 0 heterocycles. The molecule has 0 spiro atoms. The molecule has 0 saturated carbocycles. The van der Waals surface area contributed by atoms with Crippen LogP contribution < -0.4 is 0 Å². The van der Waals surface area contributed by atoms with E-state index >= 15 is 0 Å². The molecule has 0 amide bonds. The largest absolute Gasteiger partial charge is 0.481 e. The van der Waals surface area contributed by atoms with Crippen LogP contribution in [0.1, 0.15) is 18.0 Å². The summed E-state index contributed by atoms with van der Waals surface area (Å²) in [5.74, 6) is -0.902. The van der Waals surface area contributed by atoms with Gasteiger partial charge in [-0.2, -0.15) is 5.26 Å². The Morgan fingerprint density at radius 3 is 2.72 bits per heavy atom. The lowest BCUT2D eigenvalue weighted by Gasteiger charge is -2.22. The van der Waals surface area contributed by atoms with Gasteiger partial charge in [0.05, 0.1) is 12.5 Å². The maximum absolute atomic E-state index is 10.5. The topological polar surface area (TPSA) is 64.3 Å². The first-order chi connectivity index (χ1) is 8.45. The quantitative estimate of drug-likeness (QED) is 0.904. The average molecular weight is 287 g/mol. The summed E-state index contributed by atoms with van der Waals surface area (Å²) in [6, 6.07) is 6.41. The van der Waals surface area contributed by atoms with Crippen LogP contribution in [0.25, 0.3) is 0 Å². The van der Waals surface area contributed by atoms with Crippen LogP contribution in [0.5, 0.6) is 0 Å². The molecule has 0 saturated heterocycles. The Labute approximate surface area is 115 Å². The molecule has 1 rings (SSSR count). The summed E-state index contributed by atoms with van der Waals surface area (Å²) in [6.07, 6.45) is -0.0279.